The van der Waals surface area contributed by atoms with Crippen LogP contribution in [0.3, 0.4) is 0 Å². The lowest BCUT2D eigenvalue weighted by Crippen LogP contribution is -2.29. The van der Waals surface area contributed by atoms with Gasteiger partial charge >= 0.3 is 0 Å². The Balaban J connectivity index is 2.00. The van der Waals surface area contributed by atoms with Crippen molar-refractivity contribution in [2.24, 2.45) is 0 Å². The van der Waals surface area contributed by atoms with Crippen LogP contribution in [0, 0.1) is 6.92 Å². The van der Waals surface area contributed by atoms with E-state index in [0.29, 0.717) is 18.8 Å². The van der Waals surface area contributed by atoms with Crippen LogP contribution in [0.1, 0.15) is 18.4 Å². The second-order valence-corrected chi connectivity index (χ2v) is 3.72. The largest absolute Gasteiger partial charge is 0.382 e. The highest BCUT2D eigenvalue weighted by Gasteiger charge is 2.21. The van der Waals surface area contributed by atoms with Crippen LogP contribution in [0.5, 0.6) is 0 Å². The quantitative estimate of drug-likeness (QED) is 0.698. The fourth-order valence-electron chi connectivity index (χ4n) is 1.67. The molecule has 1 unspecified atom stereocenters. The van der Waals surface area contributed by atoms with Gasteiger partial charge in [-0.05, 0) is 13.3 Å². The van der Waals surface area contributed by atoms with E-state index >= 15 is 0 Å². The molecule has 1 aromatic rings. The molecular formula is C9H14N4O. The molecule has 14 heavy (non-hydrogen) atoms. The highest BCUT2D eigenvalue weighted by molar-refractivity contribution is 5.78. The number of hydrogen-bond donors (Lipinski definition) is 2. The first-order chi connectivity index (χ1) is 6.65. The minimum atomic E-state index is 0.131. The van der Waals surface area contributed by atoms with E-state index < -0.39 is 0 Å². The molecule has 0 radical (unpaired) electrons. The Morgan fingerprint density at radius 3 is 3.07 bits per heavy atom. The molecule has 76 valence electrons. The van der Waals surface area contributed by atoms with Crippen molar-refractivity contribution in [1.82, 2.24) is 15.1 Å². The van der Waals surface area contributed by atoms with Crippen molar-refractivity contribution < 1.29 is 4.79 Å². The van der Waals surface area contributed by atoms with E-state index in [1.807, 2.05) is 13.1 Å². The predicted molar refractivity (Wildman–Crippen MR) is 52.5 cm³/mol. The first kappa shape index (κ1) is 9.05. The Kier molecular flexibility index (Phi) is 2.15. The van der Waals surface area contributed by atoms with Crippen molar-refractivity contribution in [3.8, 4) is 0 Å². The van der Waals surface area contributed by atoms with Crippen molar-refractivity contribution in [2.45, 2.75) is 32.4 Å². The number of amides is 1. The highest BCUT2D eigenvalue weighted by atomic mass is 16.1. The van der Waals surface area contributed by atoms with Crippen LogP contribution in [0.15, 0.2) is 6.20 Å². The van der Waals surface area contributed by atoms with Crippen molar-refractivity contribution in [2.75, 3.05) is 5.73 Å². The Hall–Kier alpha value is -1.52. The van der Waals surface area contributed by atoms with Crippen molar-refractivity contribution in [3.63, 3.8) is 0 Å². The summed E-state index contributed by atoms with van der Waals surface area (Å²) in [6.45, 7) is 2.63. The molecule has 1 aliphatic heterocycles. The maximum absolute atomic E-state index is 11.0. The van der Waals surface area contributed by atoms with E-state index in [4.69, 9.17) is 5.73 Å². The molecule has 5 nitrogen and oxygen atoms in total. The van der Waals surface area contributed by atoms with Crippen molar-refractivity contribution >= 4 is 11.7 Å². The summed E-state index contributed by atoms with van der Waals surface area (Å²) in [5.74, 6) is 0.696. The smallest absolute Gasteiger partial charge is 0.220 e. The Morgan fingerprint density at radius 1 is 1.79 bits per heavy atom. The predicted octanol–water partition coefficient (Wildman–Crippen LogP) is 0.0523. The van der Waals surface area contributed by atoms with Gasteiger partial charge in [-0.25, -0.2) is 0 Å². The van der Waals surface area contributed by atoms with Gasteiger partial charge in [0.05, 0.1) is 6.54 Å². The van der Waals surface area contributed by atoms with Crippen LogP contribution >= 0.6 is 0 Å². The molecule has 0 bridgehead atoms. The second kappa shape index (κ2) is 3.32. The van der Waals surface area contributed by atoms with Crippen molar-refractivity contribution in [3.05, 3.63) is 11.8 Å². The molecule has 1 aliphatic rings. The molecule has 1 aromatic heterocycles. The van der Waals surface area contributed by atoms with Gasteiger partial charge in [0.25, 0.3) is 0 Å². The number of hydrogen-bond acceptors (Lipinski definition) is 3. The monoisotopic (exact) mass is 194 g/mol. The molecule has 2 rings (SSSR count). The first-order valence-electron chi connectivity index (χ1n) is 4.74. The minimum absolute atomic E-state index is 0.131. The normalized spacial score (nSPS) is 21.2. The highest BCUT2D eigenvalue weighted by Crippen LogP contribution is 2.11. The number of anilines is 1. The number of nitrogens with zero attached hydrogens (tertiary/aromatic N) is 2. The number of nitrogen functional groups attached to an aromatic ring is 1. The van der Waals surface area contributed by atoms with Gasteiger partial charge in [0.15, 0.2) is 0 Å². The van der Waals surface area contributed by atoms with Crippen LogP contribution in [-0.2, 0) is 11.3 Å². The van der Waals surface area contributed by atoms with Crippen LogP contribution in [-0.4, -0.2) is 21.7 Å². The molecule has 1 amide bonds. The second-order valence-electron chi connectivity index (χ2n) is 3.72. The summed E-state index contributed by atoms with van der Waals surface area (Å²) < 4.78 is 1.79. The summed E-state index contributed by atoms with van der Waals surface area (Å²) in [6, 6.07) is 0.209. The standard InChI is InChI=1S/C9H14N4O/c1-6-4-13(12-9(6)10)5-7-2-3-8(14)11-7/h4,7H,2-3,5H2,1H3,(H2,10,12)(H,11,14). The number of carbonyl (C=O) groups is 1. The fraction of sp³-hybridized carbons (Fsp3) is 0.556. The molecule has 0 spiro atoms. The molecule has 3 N–H and O–H groups in total. The SMILES string of the molecule is Cc1cn(CC2CCC(=O)N2)nc1N. The lowest BCUT2D eigenvalue weighted by Gasteiger charge is -2.08. The molecule has 0 saturated carbocycles. The molecule has 1 saturated heterocycles. The molecule has 1 fully saturated rings. The van der Waals surface area contributed by atoms with Gasteiger partial charge in [-0.2, -0.15) is 5.10 Å². The molecule has 0 aromatic carbocycles. The van der Waals surface area contributed by atoms with E-state index in [-0.39, 0.29) is 11.9 Å². The number of nitrogens with two attached hydrogens (primary N) is 1. The third-order valence-electron chi connectivity index (χ3n) is 2.48. The lowest BCUT2D eigenvalue weighted by atomic mass is 10.2. The number of aromatic nitrogens is 2. The molecule has 5 heteroatoms. The number of nitrogens with one attached hydrogen (secondary N) is 1. The van der Waals surface area contributed by atoms with Gasteiger partial charge in [0.1, 0.15) is 5.82 Å². The fourth-order valence-corrected chi connectivity index (χ4v) is 1.67. The summed E-state index contributed by atoms with van der Waals surface area (Å²) in [5, 5.41) is 7.03. The maximum atomic E-state index is 11.0. The third-order valence-corrected chi connectivity index (χ3v) is 2.48. The summed E-state index contributed by atoms with van der Waals surface area (Å²) in [4.78, 5) is 11.0. The Labute approximate surface area is 82.3 Å². The zero-order chi connectivity index (χ0) is 10.1. The summed E-state index contributed by atoms with van der Waals surface area (Å²) in [5.41, 5.74) is 6.60. The first-order valence-corrected chi connectivity index (χ1v) is 4.74. The topological polar surface area (TPSA) is 72.9 Å². The van der Waals surface area contributed by atoms with Gasteiger partial charge in [-0.3, -0.25) is 9.48 Å². The lowest BCUT2D eigenvalue weighted by molar-refractivity contribution is -0.119. The van der Waals surface area contributed by atoms with Crippen LogP contribution in [0.25, 0.3) is 0 Å². The van der Waals surface area contributed by atoms with Crippen molar-refractivity contribution in [1.29, 1.82) is 0 Å². The Morgan fingerprint density at radius 2 is 2.57 bits per heavy atom. The van der Waals surface area contributed by atoms with Gasteiger partial charge in [0.2, 0.25) is 5.91 Å². The van der Waals surface area contributed by atoms with Gasteiger partial charge in [0, 0.05) is 24.2 Å². The average Bonchev–Trinajstić information content (AvgIpc) is 2.62. The van der Waals surface area contributed by atoms with Gasteiger partial charge in [-0.1, -0.05) is 0 Å². The average molecular weight is 194 g/mol. The number of carbonyl (C=O) groups excluding carboxylic acids is 1. The van der Waals surface area contributed by atoms with Crippen LogP contribution in [0.4, 0.5) is 5.82 Å². The minimum Gasteiger partial charge on any atom is -0.382 e. The van der Waals surface area contributed by atoms with E-state index in [1.165, 1.54) is 0 Å². The molecule has 2 heterocycles. The van der Waals surface area contributed by atoms with E-state index in [9.17, 15) is 4.79 Å². The third kappa shape index (κ3) is 1.71. The van der Waals surface area contributed by atoms with E-state index in [0.717, 1.165) is 12.0 Å². The zero-order valence-corrected chi connectivity index (χ0v) is 8.16. The molecule has 0 aliphatic carbocycles. The van der Waals surface area contributed by atoms with E-state index in [1.54, 1.807) is 4.68 Å². The van der Waals surface area contributed by atoms with Crippen LogP contribution in [0.2, 0.25) is 0 Å². The van der Waals surface area contributed by atoms with E-state index in [2.05, 4.69) is 10.4 Å². The Bertz CT molecular complexity index is 338. The number of aryl methyl sites for hydroxylation is 1. The van der Waals surface area contributed by atoms with Gasteiger partial charge in [-0.15, -0.1) is 0 Å². The zero-order valence-electron chi connectivity index (χ0n) is 8.16. The summed E-state index contributed by atoms with van der Waals surface area (Å²) in [7, 11) is 0. The summed E-state index contributed by atoms with van der Waals surface area (Å²) >= 11 is 0. The van der Waals surface area contributed by atoms with Crippen LogP contribution < -0.4 is 11.1 Å². The molecule has 1 atom stereocenters. The number of rotatable bonds is 2. The molecular weight excluding hydrogens is 180 g/mol. The summed E-state index contributed by atoms with van der Waals surface area (Å²) in [6.07, 6.45) is 3.41. The van der Waals surface area contributed by atoms with Gasteiger partial charge < -0.3 is 11.1 Å². The maximum Gasteiger partial charge on any atom is 0.220 e.